The number of hydrogen-bond donors (Lipinski definition) is 2. The number of carboxylic acid groups (broad SMARTS) is 1. The third-order valence-electron chi connectivity index (χ3n) is 5.07. The summed E-state index contributed by atoms with van der Waals surface area (Å²) in [4.78, 5) is 23.4. The summed E-state index contributed by atoms with van der Waals surface area (Å²) in [5.74, 6) is -2.09. The van der Waals surface area contributed by atoms with Gasteiger partial charge in [-0.3, -0.25) is 9.59 Å². The molecule has 24 heavy (non-hydrogen) atoms. The van der Waals surface area contributed by atoms with Gasteiger partial charge >= 0.3 is 5.97 Å². The summed E-state index contributed by atoms with van der Waals surface area (Å²) in [6.45, 7) is 2.14. The Balaban J connectivity index is 1.81. The highest BCUT2D eigenvalue weighted by atomic mass is 32.2. The Kier molecular flexibility index (Phi) is 4.13. The van der Waals surface area contributed by atoms with Crippen molar-refractivity contribution in [3.05, 3.63) is 29.8 Å². The van der Waals surface area contributed by atoms with Gasteiger partial charge in [0.2, 0.25) is 15.9 Å². The van der Waals surface area contributed by atoms with Crippen molar-refractivity contribution in [2.45, 2.75) is 36.6 Å². The van der Waals surface area contributed by atoms with Gasteiger partial charge in [-0.05, 0) is 31.4 Å². The lowest BCUT2D eigenvalue weighted by Crippen LogP contribution is -2.56. The number of nitrogens with zero attached hydrogens (tertiary/aromatic N) is 1. The van der Waals surface area contributed by atoms with Crippen molar-refractivity contribution in [1.29, 1.82) is 0 Å². The maximum atomic E-state index is 12.8. The third-order valence-corrected chi connectivity index (χ3v) is 7.13. The number of benzene rings is 1. The zero-order chi connectivity index (χ0) is 17.5. The van der Waals surface area contributed by atoms with E-state index < -0.39 is 27.4 Å². The Labute approximate surface area is 140 Å². The number of amides is 1. The number of aryl methyl sites for hydroxylation is 1. The van der Waals surface area contributed by atoms with Crippen molar-refractivity contribution in [2.75, 3.05) is 13.1 Å². The van der Waals surface area contributed by atoms with Crippen molar-refractivity contribution in [1.82, 2.24) is 9.62 Å². The number of carbonyl (C=O) groups is 2. The smallest absolute Gasteiger partial charge is 0.309 e. The number of hydrogen-bond acceptors (Lipinski definition) is 4. The van der Waals surface area contributed by atoms with Crippen LogP contribution in [0.4, 0.5) is 0 Å². The molecule has 1 spiro atoms. The van der Waals surface area contributed by atoms with Crippen molar-refractivity contribution in [3.8, 4) is 0 Å². The number of rotatable bonds is 3. The second-order valence-corrected chi connectivity index (χ2v) is 8.38. The molecule has 1 amide bonds. The molecule has 0 bridgehead atoms. The van der Waals surface area contributed by atoms with E-state index in [0.29, 0.717) is 18.4 Å². The van der Waals surface area contributed by atoms with Crippen molar-refractivity contribution >= 4 is 21.9 Å². The third kappa shape index (κ3) is 2.69. The minimum Gasteiger partial charge on any atom is -0.481 e. The van der Waals surface area contributed by atoms with Gasteiger partial charge in [0.25, 0.3) is 0 Å². The summed E-state index contributed by atoms with van der Waals surface area (Å²) < 4.78 is 27.0. The number of piperidine rings is 1. The molecular formula is C16H20N2O5S. The van der Waals surface area contributed by atoms with E-state index in [-0.39, 0.29) is 30.3 Å². The number of carbonyl (C=O) groups excluding carboxylic acids is 1. The highest BCUT2D eigenvalue weighted by Crippen LogP contribution is 2.38. The standard InChI is InChI=1S/C16H20N2O5S/c1-11-4-2-3-5-13(11)24(22,23)18-8-6-16(7-9-18)12(15(20)21)10-14(19)17-16/h2-5,12H,6-10H2,1H3,(H,17,19)(H,20,21)/t12-/m0/s1. The number of aliphatic carboxylic acids is 1. The predicted octanol–water partition coefficient (Wildman–Crippen LogP) is 0.739. The Bertz CT molecular complexity index is 781. The van der Waals surface area contributed by atoms with Crippen molar-refractivity contribution < 1.29 is 23.1 Å². The average Bonchev–Trinajstić information content (AvgIpc) is 2.84. The molecule has 0 unspecified atom stereocenters. The summed E-state index contributed by atoms with van der Waals surface area (Å²) in [7, 11) is -3.62. The zero-order valence-electron chi connectivity index (χ0n) is 13.4. The predicted molar refractivity (Wildman–Crippen MR) is 85.8 cm³/mol. The number of sulfonamides is 1. The monoisotopic (exact) mass is 352 g/mol. The van der Waals surface area contributed by atoms with E-state index in [0.717, 1.165) is 0 Å². The molecule has 1 atom stereocenters. The van der Waals surface area contributed by atoms with Crippen LogP contribution >= 0.6 is 0 Å². The molecule has 3 rings (SSSR count). The topological polar surface area (TPSA) is 104 Å². The van der Waals surface area contributed by atoms with Crippen LogP contribution < -0.4 is 5.32 Å². The maximum absolute atomic E-state index is 12.8. The minimum atomic E-state index is -3.62. The summed E-state index contributed by atoms with van der Waals surface area (Å²) in [5, 5.41) is 12.1. The van der Waals surface area contributed by atoms with Crippen LogP contribution in [-0.4, -0.2) is 48.3 Å². The van der Waals surface area contributed by atoms with E-state index in [9.17, 15) is 23.1 Å². The second-order valence-electron chi connectivity index (χ2n) is 6.47. The largest absolute Gasteiger partial charge is 0.481 e. The SMILES string of the molecule is Cc1ccccc1S(=O)(=O)N1CCC2(CC1)NC(=O)C[C@H]2C(=O)O. The van der Waals surface area contributed by atoms with Crippen LogP contribution in [0.15, 0.2) is 29.2 Å². The van der Waals surface area contributed by atoms with Gasteiger partial charge in [0, 0.05) is 19.5 Å². The molecule has 1 aromatic carbocycles. The fraction of sp³-hybridized carbons (Fsp3) is 0.500. The molecule has 0 saturated carbocycles. The highest BCUT2D eigenvalue weighted by molar-refractivity contribution is 7.89. The molecule has 8 heteroatoms. The number of nitrogens with one attached hydrogen (secondary N) is 1. The molecule has 2 aliphatic heterocycles. The van der Waals surface area contributed by atoms with E-state index in [1.807, 2.05) is 0 Å². The first kappa shape index (κ1) is 16.9. The molecule has 1 aromatic rings. The fourth-order valence-electron chi connectivity index (χ4n) is 3.70. The van der Waals surface area contributed by atoms with Gasteiger partial charge in [-0.15, -0.1) is 0 Å². The Morgan fingerprint density at radius 2 is 1.92 bits per heavy atom. The molecule has 7 nitrogen and oxygen atoms in total. The van der Waals surface area contributed by atoms with Crippen LogP contribution in [0.3, 0.4) is 0 Å². The van der Waals surface area contributed by atoms with Crippen LogP contribution in [0.25, 0.3) is 0 Å². The minimum absolute atomic E-state index is 0.0418. The Morgan fingerprint density at radius 1 is 1.29 bits per heavy atom. The summed E-state index contributed by atoms with van der Waals surface area (Å²) in [5.41, 5.74) is -0.156. The Morgan fingerprint density at radius 3 is 2.50 bits per heavy atom. The Hall–Kier alpha value is -1.93. The second kappa shape index (κ2) is 5.86. The fourth-order valence-corrected chi connectivity index (χ4v) is 5.37. The van der Waals surface area contributed by atoms with Gasteiger partial charge in [-0.2, -0.15) is 4.31 Å². The molecular weight excluding hydrogens is 332 g/mol. The molecule has 2 aliphatic rings. The zero-order valence-corrected chi connectivity index (χ0v) is 14.2. The van der Waals surface area contributed by atoms with Gasteiger partial charge in [0.1, 0.15) is 0 Å². The van der Waals surface area contributed by atoms with E-state index in [1.54, 1.807) is 31.2 Å². The summed E-state index contributed by atoms with van der Waals surface area (Å²) in [6.07, 6.45) is 0.571. The van der Waals surface area contributed by atoms with Gasteiger partial charge < -0.3 is 10.4 Å². The van der Waals surface area contributed by atoms with E-state index in [4.69, 9.17) is 0 Å². The highest BCUT2D eigenvalue weighted by Gasteiger charge is 2.52. The molecule has 2 N–H and O–H groups in total. The first-order valence-electron chi connectivity index (χ1n) is 7.86. The van der Waals surface area contributed by atoms with E-state index in [1.165, 1.54) is 4.31 Å². The lowest BCUT2D eigenvalue weighted by atomic mass is 9.78. The molecule has 0 radical (unpaired) electrons. The van der Waals surface area contributed by atoms with Gasteiger partial charge in [-0.25, -0.2) is 8.42 Å². The molecule has 0 aromatic heterocycles. The summed E-state index contributed by atoms with van der Waals surface area (Å²) >= 11 is 0. The van der Waals surface area contributed by atoms with Crippen molar-refractivity contribution in [2.24, 2.45) is 5.92 Å². The first-order chi connectivity index (χ1) is 11.3. The molecule has 2 saturated heterocycles. The van der Waals surface area contributed by atoms with Crippen molar-refractivity contribution in [3.63, 3.8) is 0 Å². The first-order valence-corrected chi connectivity index (χ1v) is 9.30. The molecule has 0 aliphatic carbocycles. The summed E-state index contributed by atoms with van der Waals surface area (Å²) in [6, 6.07) is 6.79. The van der Waals surface area contributed by atoms with Crippen LogP contribution in [0.5, 0.6) is 0 Å². The van der Waals surface area contributed by atoms with E-state index in [2.05, 4.69) is 5.32 Å². The lowest BCUT2D eigenvalue weighted by molar-refractivity contribution is -0.144. The molecule has 2 fully saturated rings. The lowest BCUT2D eigenvalue weighted by Gasteiger charge is -2.40. The quantitative estimate of drug-likeness (QED) is 0.835. The average molecular weight is 352 g/mol. The van der Waals surface area contributed by atoms with Crippen LogP contribution in [0.2, 0.25) is 0 Å². The van der Waals surface area contributed by atoms with Gasteiger partial charge in [0.15, 0.2) is 0 Å². The number of carboxylic acids is 1. The van der Waals surface area contributed by atoms with Crippen LogP contribution in [0.1, 0.15) is 24.8 Å². The van der Waals surface area contributed by atoms with E-state index >= 15 is 0 Å². The van der Waals surface area contributed by atoms with Gasteiger partial charge in [-0.1, -0.05) is 18.2 Å². The van der Waals surface area contributed by atoms with Crippen LogP contribution in [0, 0.1) is 12.8 Å². The molecule has 2 heterocycles. The van der Waals surface area contributed by atoms with Crippen LogP contribution in [-0.2, 0) is 19.6 Å². The van der Waals surface area contributed by atoms with Gasteiger partial charge in [0.05, 0.1) is 16.4 Å². The maximum Gasteiger partial charge on any atom is 0.309 e. The molecule has 130 valence electrons. The normalized spacial score (nSPS) is 24.0.